The lowest BCUT2D eigenvalue weighted by Gasteiger charge is -2.15. The minimum Gasteiger partial charge on any atom is -0.462 e. The van der Waals surface area contributed by atoms with Gasteiger partial charge in [-0.05, 0) is 89.9 Å². The number of allylic oxidation sites excluding steroid dienone is 16. The molecule has 0 aromatic rings. The molecule has 0 bridgehead atoms. The summed E-state index contributed by atoms with van der Waals surface area (Å²) in [6.45, 7) is 3.93. The molecule has 0 saturated heterocycles. The molecule has 1 N–H and O–H groups in total. The molecule has 0 saturated carbocycles. The first-order valence-corrected chi connectivity index (χ1v) is 31.8. The molecular formula is C69H120O5. The van der Waals surface area contributed by atoms with Gasteiger partial charge in [0.05, 0.1) is 6.61 Å². The van der Waals surface area contributed by atoms with Gasteiger partial charge in [0.25, 0.3) is 0 Å². The van der Waals surface area contributed by atoms with Crippen molar-refractivity contribution in [3.8, 4) is 0 Å². The highest BCUT2D eigenvalue weighted by molar-refractivity contribution is 5.70. The second-order valence-electron chi connectivity index (χ2n) is 21.1. The van der Waals surface area contributed by atoms with Crippen LogP contribution in [0.5, 0.6) is 0 Å². The van der Waals surface area contributed by atoms with Gasteiger partial charge in [-0.1, -0.05) is 304 Å². The molecule has 0 fully saturated rings. The fourth-order valence-corrected chi connectivity index (χ4v) is 9.19. The fourth-order valence-electron chi connectivity index (χ4n) is 9.19. The zero-order valence-corrected chi connectivity index (χ0v) is 48.8. The van der Waals surface area contributed by atoms with Crippen molar-refractivity contribution >= 4 is 11.9 Å². The summed E-state index contributed by atoms with van der Waals surface area (Å²) in [6.07, 6.45) is 91.4. The van der Waals surface area contributed by atoms with Crippen molar-refractivity contribution in [3.63, 3.8) is 0 Å². The highest BCUT2D eigenvalue weighted by atomic mass is 16.6. The highest BCUT2D eigenvalue weighted by Gasteiger charge is 2.16. The van der Waals surface area contributed by atoms with E-state index in [2.05, 4.69) is 111 Å². The van der Waals surface area contributed by atoms with Crippen molar-refractivity contribution in [2.24, 2.45) is 0 Å². The van der Waals surface area contributed by atoms with E-state index in [1.165, 1.54) is 186 Å². The van der Waals surface area contributed by atoms with Gasteiger partial charge >= 0.3 is 11.9 Å². The van der Waals surface area contributed by atoms with Crippen molar-refractivity contribution in [2.75, 3.05) is 13.2 Å². The van der Waals surface area contributed by atoms with Crippen LogP contribution in [0, 0.1) is 0 Å². The highest BCUT2D eigenvalue weighted by Crippen LogP contribution is 2.17. The molecule has 0 rings (SSSR count). The van der Waals surface area contributed by atoms with E-state index < -0.39 is 6.10 Å². The molecule has 5 nitrogen and oxygen atoms in total. The summed E-state index contributed by atoms with van der Waals surface area (Å²) >= 11 is 0. The van der Waals surface area contributed by atoms with Crippen LogP contribution >= 0.6 is 0 Å². The van der Waals surface area contributed by atoms with Crippen LogP contribution in [0.15, 0.2) is 97.2 Å². The molecule has 0 amide bonds. The van der Waals surface area contributed by atoms with Crippen LogP contribution in [-0.2, 0) is 19.1 Å². The molecule has 1 atom stereocenters. The number of hydrogen-bond donors (Lipinski definition) is 1. The van der Waals surface area contributed by atoms with Crippen molar-refractivity contribution in [1.82, 2.24) is 0 Å². The summed E-state index contributed by atoms with van der Waals surface area (Å²) in [5, 5.41) is 9.67. The summed E-state index contributed by atoms with van der Waals surface area (Å²) in [6, 6.07) is 0. The number of rotatable bonds is 58. The summed E-state index contributed by atoms with van der Waals surface area (Å²) in [5.74, 6) is -0.590. The number of aliphatic hydroxyl groups excluding tert-OH is 1. The third kappa shape index (κ3) is 61.4. The van der Waals surface area contributed by atoms with Crippen molar-refractivity contribution in [2.45, 2.75) is 315 Å². The maximum absolute atomic E-state index is 12.3. The minimum atomic E-state index is -0.779. The lowest BCUT2D eigenvalue weighted by molar-refractivity contribution is -0.161. The van der Waals surface area contributed by atoms with E-state index in [0.717, 1.165) is 96.3 Å². The van der Waals surface area contributed by atoms with Crippen LogP contribution < -0.4 is 0 Å². The van der Waals surface area contributed by atoms with Gasteiger partial charge in [-0.2, -0.15) is 0 Å². The average Bonchev–Trinajstić information content (AvgIpc) is 3.40. The van der Waals surface area contributed by atoms with E-state index in [1.54, 1.807) is 0 Å². The number of esters is 2. The lowest BCUT2D eigenvalue weighted by Crippen LogP contribution is -2.28. The number of unbranched alkanes of at least 4 members (excludes halogenated alkanes) is 34. The predicted octanol–water partition coefficient (Wildman–Crippen LogP) is 21.9. The summed E-state index contributed by atoms with van der Waals surface area (Å²) in [7, 11) is 0. The van der Waals surface area contributed by atoms with Crippen LogP contribution in [0.1, 0.15) is 309 Å². The standard InChI is InChI=1S/C69H120O5/c1-3-5-7-9-11-13-15-17-19-21-23-25-26-27-28-29-30-31-32-33-34-35-36-37-38-39-40-41-42-44-46-48-50-52-54-56-58-60-62-64-69(72)74-67(65-70)66-73-68(71)63-61-59-57-55-53-51-49-47-45-43-24-22-20-18-16-14-12-10-8-6-4-2/h5-8,11-14,17-20,23-25,43,67,70H,3-4,9-10,15-16,21-22,26-42,44-66H2,1-2H3/b7-5-,8-6-,13-11-,14-12-,19-17-,20-18-,25-23-,43-24-. The first-order chi connectivity index (χ1) is 36.6. The Hall–Kier alpha value is -3.18. The summed E-state index contributed by atoms with van der Waals surface area (Å²) in [5.41, 5.74) is 0. The molecule has 426 valence electrons. The van der Waals surface area contributed by atoms with E-state index in [1.807, 2.05) is 0 Å². The number of hydrogen-bond acceptors (Lipinski definition) is 5. The lowest BCUT2D eigenvalue weighted by atomic mass is 10.0. The topological polar surface area (TPSA) is 72.8 Å². The Balaban J connectivity index is 3.42. The zero-order valence-electron chi connectivity index (χ0n) is 48.8. The van der Waals surface area contributed by atoms with Crippen LogP contribution in [0.4, 0.5) is 0 Å². The Morgan fingerprint density at radius 3 is 0.811 bits per heavy atom. The maximum atomic E-state index is 12.3. The van der Waals surface area contributed by atoms with E-state index >= 15 is 0 Å². The van der Waals surface area contributed by atoms with Crippen molar-refractivity contribution < 1.29 is 24.2 Å². The number of carbonyl (C=O) groups is 2. The van der Waals surface area contributed by atoms with Gasteiger partial charge in [-0.3, -0.25) is 9.59 Å². The smallest absolute Gasteiger partial charge is 0.306 e. The second kappa shape index (κ2) is 64.1. The van der Waals surface area contributed by atoms with E-state index in [4.69, 9.17) is 9.47 Å². The number of carbonyl (C=O) groups excluding carboxylic acids is 2. The first kappa shape index (κ1) is 70.8. The van der Waals surface area contributed by atoms with Crippen LogP contribution in [0.25, 0.3) is 0 Å². The van der Waals surface area contributed by atoms with Crippen molar-refractivity contribution in [3.05, 3.63) is 97.2 Å². The molecule has 0 aliphatic carbocycles. The van der Waals surface area contributed by atoms with Gasteiger partial charge in [0.1, 0.15) is 6.61 Å². The van der Waals surface area contributed by atoms with E-state index in [-0.39, 0.29) is 25.2 Å². The SMILES string of the molecule is CC/C=C\C/C=C\C/C=C\C/C=C\CCCCCCCCCCCCCCCCCCCCCCCCCCCCC(=O)OC(CO)COC(=O)CCCCCCCCCC/C=C\C/C=C\C/C=C\C/C=C\CC. The van der Waals surface area contributed by atoms with E-state index in [0.29, 0.717) is 12.8 Å². The van der Waals surface area contributed by atoms with Crippen LogP contribution in [0.2, 0.25) is 0 Å². The summed E-state index contributed by atoms with van der Waals surface area (Å²) < 4.78 is 10.7. The van der Waals surface area contributed by atoms with Gasteiger partial charge in [0.15, 0.2) is 6.10 Å². The Bertz CT molecular complexity index is 1400. The molecule has 5 heteroatoms. The van der Waals surface area contributed by atoms with E-state index in [9.17, 15) is 14.7 Å². The fraction of sp³-hybridized carbons (Fsp3) is 0.739. The largest absolute Gasteiger partial charge is 0.462 e. The molecule has 0 heterocycles. The molecule has 0 aromatic heterocycles. The Labute approximate surface area is 459 Å². The normalized spacial score (nSPS) is 12.9. The van der Waals surface area contributed by atoms with Gasteiger partial charge in [0, 0.05) is 12.8 Å². The Morgan fingerprint density at radius 1 is 0.311 bits per heavy atom. The van der Waals surface area contributed by atoms with Crippen LogP contribution in [0.3, 0.4) is 0 Å². The van der Waals surface area contributed by atoms with Gasteiger partial charge in [0.2, 0.25) is 0 Å². The van der Waals surface area contributed by atoms with Crippen LogP contribution in [-0.4, -0.2) is 36.4 Å². The molecule has 0 aromatic carbocycles. The molecule has 74 heavy (non-hydrogen) atoms. The third-order valence-electron chi connectivity index (χ3n) is 13.9. The molecular weight excluding hydrogens is 909 g/mol. The second-order valence-corrected chi connectivity index (χ2v) is 21.1. The molecule has 0 aliphatic rings. The predicted molar refractivity (Wildman–Crippen MR) is 325 cm³/mol. The first-order valence-electron chi connectivity index (χ1n) is 31.8. The minimum absolute atomic E-state index is 0.0706. The maximum Gasteiger partial charge on any atom is 0.306 e. The Morgan fingerprint density at radius 2 is 0.541 bits per heavy atom. The zero-order chi connectivity index (χ0) is 53.4. The quantitative estimate of drug-likeness (QED) is 0.0373. The molecule has 0 spiro atoms. The van der Waals surface area contributed by atoms with Gasteiger partial charge in [-0.25, -0.2) is 0 Å². The Kier molecular flexibility index (Phi) is 61.4. The van der Waals surface area contributed by atoms with Crippen molar-refractivity contribution in [1.29, 1.82) is 0 Å². The monoisotopic (exact) mass is 1030 g/mol. The third-order valence-corrected chi connectivity index (χ3v) is 13.9. The van der Waals surface area contributed by atoms with Gasteiger partial charge in [-0.15, -0.1) is 0 Å². The molecule has 0 radical (unpaired) electrons. The number of ether oxygens (including phenoxy) is 2. The summed E-state index contributed by atoms with van der Waals surface area (Å²) in [4.78, 5) is 24.6. The molecule has 1 unspecified atom stereocenters. The van der Waals surface area contributed by atoms with Gasteiger partial charge < -0.3 is 14.6 Å². The number of aliphatic hydroxyl groups is 1. The molecule has 0 aliphatic heterocycles. The average molecular weight is 1030 g/mol.